The number of phosphoric ester groups is 1. The molecule has 0 radical (unpaired) electrons. The van der Waals surface area contributed by atoms with Crippen LogP contribution >= 0.6 is 7.82 Å². The van der Waals surface area contributed by atoms with Gasteiger partial charge in [0.05, 0.1) is 39.9 Å². The summed E-state index contributed by atoms with van der Waals surface area (Å²) in [5, 5.41) is 14.0. The van der Waals surface area contributed by atoms with E-state index in [0.29, 0.717) is 23.9 Å². The van der Waals surface area contributed by atoms with Gasteiger partial charge in [0, 0.05) is 6.42 Å². The fourth-order valence-corrected chi connectivity index (χ4v) is 9.58. The predicted octanol–water partition coefficient (Wildman–Crippen LogP) is 19.3. The van der Waals surface area contributed by atoms with Crippen molar-refractivity contribution in [1.82, 2.24) is 5.32 Å². The quantitative estimate of drug-likeness (QED) is 0.0272. The molecule has 0 aromatic carbocycles. The van der Waals surface area contributed by atoms with Crippen LogP contribution in [0.1, 0.15) is 264 Å². The van der Waals surface area contributed by atoms with E-state index < -0.39 is 20.0 Å². The summed E-state index contributed by atoms with van der Waals surface area (Å²) in [6.45, 7) is 4.61. The highest BCUT2D eigenvalue weighted by molar-refractivity contribution is 7.45. The zero-order valence-electron chi connectivity index (χ0n) is 50.6. The SMILES string of the molecule is CC/C=C\C/C=C\C/C=C\C/C=C\C/C=C\C/C=C\C/C=C\C/C=C\C/C=C\CCCCCCCCCCCCCCCC(=O)NC(COP(=O)([O-])OCC[N+](C)(C)C)C(O)CCCCCCCCCCCCCCCC. The van der Waals surface area contributed by atoms with Gasteiger partial charge in [0.1, 0.15) is 13.2 Å². The third kappa shape index (κ3) is 60.6. The Morgan fingerprint density at radius 2 is 0.792 bits per heavy atom. The second kappa shape index (κ2) is 57.8. The lowest BCUT2D eigenvalue weighted by molar-refractivity contribution is -0.870. The smallest absolute Gasteiger partial charge is 0.268 e. The maximum absolute atomic E-state index is 13.0. The maximum Gasteiger partial charge on any atom is 0.268 e. The molecule has 3 unspecified atom stereocenters. The van der Waals surface area contributed by atoms with Crippen molar-refractivity contribution < 1.29 is 32.9 Å². The van der Waals surface area contributed by atoms with E-state index >= 15 is 0 Å². The molecule has 444 valence electrons. The van der Waals surface area contributed by atoms with Crippen LogP contribution in [0.25, 0.3) is 0 Å². The summed E-state index contributed by atoms with van der Waals surface area (Å²) >= 11 is 0. The summed E-state index contributed by atoms with van der Waals surface area (Å²) in [7, 11) is 1.30. The molecule has 3 atom stereocenters. The number of aliphatic hydroxyl groups is 1. The third-order valence-corrected chi connectivity index (χ3v) is 14.7. The first kappa shape index (κ1) is 74.2. The van der Waals surface area contributed by atoms with Gasteiger partial charge < -0.3 is 28.8 Å². The van der Waals surface area contributed by atoms with Gasteiger partial charge in [0.15, 0.2) is 0 Å². The van der Waals surface area contributed by atoms with Crippen molar-refractivity contribution >= 4 is 13.7 Å². The number of rotatable bonds is 57. The summed E-state index contributed by atoms with van der Waals surface area (Å²) in [6.07, 6.45) is 84.3. The molecule has 0 aromatic heterocycles. The van der Waals surface area contributed by atoms with Gasteiger partial charge in [-0.25, -0.2) is 0 Å². The van der Waals surface area contributed by atoms with Crippen molar-refractivity contribution in [2.24, 2.45) is 0 Å². The lowest BCUT2D eigenvalue weighted by Gasteiger charge is -2.30. The minimum atomic E-state index is -4.58. The van der Waals surface area contributed by atoms with E-state index in [1.807, 2.05) is 21.1 Å². The summed E-state index contributed by atoms with van der Waals surface area (Å²) in [6, 6.07) is -0.806. The minimum absolute atomic E-state index is 0.00876. The first-order valence-corrected chi connectivity index (χ1v) is 33.2. The van der Waals surface area contributed by atoms with Gasteiger partial charge in [0.25, 0.3) is 7.82 Å². The normalized spacial score (nSPS) is 14.5. The number of nitrogens with zero attached hydrogens (tertiary/aromatic N) is 1. The third-order valence-electron chi connectivity index (χ3n) is 13.8. The van der Waals surface area contributed by atoms with Gasteiger partial charge in [-0.2, -0.15) is 0 Å². The fourth-order valence-electron chi connectivity index (χ4n) is 8.86. The molecule has 0 heterocycles. The summed E-state index contributed by atoms with van der Waals surface area (Å²) < 4.78 is 23.4. The lowest BCUT2D eigenvalue weighted by atomic mass is 10.0. The Labute approximate surface area is 476 Å². The number of aliphatic hydroxyl groups excluding tert-OH is 1. The van der Waals surface area contributed by atoms with Crippen molar-refractivity contribution in [2.75, 3.05) is 40.9 Å². The Kier molecular flexibility index (Phi) is 55.7. The second-order valence-corrected chi connectivity index (χ2v) is 23.8. The van der Waals surface area contributed by atoms with E-state index in [1.54, 1.807) is 0 Å². The number of allylic oxidation sites excluding steroid dienone is 18. The molecule has 0 spiro atoms. The summed E-state index contributed by atoms with van der Waals surface area (Å²) in [5.74, 6) is -0.169. The molecule has 0 rings (SSSR count). The van der Waals surface area contributed by atoms with Gasteiger partial charge in [-0.15, -0.1) is 0 Å². The van der Waals surface area contributed by atoms with E-state index in [1.165, 1.54) is 141 Å². The van der Waals surface area contributed by atoms with Crippen molar-refractivity contribution in [3.63, 3.8) is 0 Å². The highest BCUT2D eigenvalue weighted by atomic mass is 31.2. The van der Waals surface area contributed by atoms with Crippen molar-refractivity contribution in [3.8, 4) is 0 Å². The highest BCUT2D eigenvalue weighted by Gasteiger charge is 2.24. The molecule has 0 aliphatic heterocycles. The Bertz CT molecular complexity index is 1620. The first-order valence-electron chi connectivity index (χ1n) is 31.7. The molecule has 9 heteroatoms. The van der Waals surface area contributed by atoms with Crippen LogP contribution < -0.4 is 10.2 Å². The van der Waals surface area contributed by atoms with Crippen LogP contribution in [0.3, 0.4) is 0 Å². The summed E-state index contributed by atoms with van der Waals surface area (Å²) in [5.41, 5.74) is 0. The molecule has 2 N–H and O–H groups in total. The van der Waals surface area contributed by atoms with Gasteiger partial charge in [-0.3, -0.25) is 9.36 Å². The number of carbonyl (C=O) groups excluding carboxylic acids is 1. The number of phosphoric acid groups is 1. The van der Waals surface area contributed by atoms with Crippen LogP contribution in [0.2, 0.25) is 0 Å². The standard InChI is InChI=1S/C68H121N2O6P/c1-6-8-10-12-14-16-18-20-22-23-24-25-26-27-28-29-30-31-32-33-34-35-36-37-38-39-40-41-42-43-44-45-46-47-48-50-52-54-56-58-60-62-68(72)69-66(65-76-77(73,74)75-64-63-70(3,4)5)67(71)61-59-57-55-53-51-49-21-19-17-15-13-11-9-7-2/h8,10,14,16,20,22,24-25,27-28,30-31,33-34,36-37,39-40,66-67,71H,6-7,9,11-13,15,17-19,21,23,26,29,32,35,38,41-65H2,1-5H3,(H-,69,72,73,74)/b10-8-,16-14-,22-20-,25-24-,28-27-,31-30-,34-33-,37-36-,40-39-. The van der Waals surface area contributed by atoms with E-state index in [-0.39, 0.29) is 19.1 Å². The van der Waals surface area contributed by atoms with Gasteiger partial charge >= 0.3 is 0 Å². The largest absolute Gasteiger partial charge is 0.756 e. The van der Waals surface area contributed by atoms with E-state index in [4.69, 9.17) is 9.05 Å². The number of hydrogen-bond acceptors (Lipinski definition) is 6. The molecule has 0 aliphatic rings. The minimum Gasteiger partial charge on any atom is -0.756 e. The molecule has 0 aliphatic carbocycles. The summed E-state index contributed by atoms with van der Waals surface area (Å²) in [4.78, 5) is 25.5. The molecular formula is C68H121N2O6P. The van der Waals surface area contributed by atoms with Crippen molar-refractivity contribution in [2.45, 2.75) is 276 Å². The number of nitrogens with one attached hydrogen (secondary N) is 1. The molecule has 0 bridgehead atoms. The monoisotopic (exact) mass is 1090 g/mol. The number of amides is 1. The average Bonchev–Trinajstić information content (AvgIpc) is 3.39. The Hall–Kier alpha value is -2.84. The average molecular weight is 1090 g/mol. The Morgan fingerprint density at radius 1 is 0.468 bits per heavy atom. The fraction of sp³-hybridized carbons (Fsp3) is 0.721. The van der Waals surface area contributed by atoms with E-state index in [9.17, 15) is 19.4 Å². The Balaban J connectivity index is 4.00. The molecule has 8 nitrogen and oxygen atoms in total. The van der Waals surface area contributed by atoms with Gasteiger partial charge in [0.2, 0.25) is 5.91 Å². The number of carbonyl (C=O) groups is 1. The zero-order chi connectivity index (χ0) is 56.3. The predicted molar refractivity (Wildman–Crippen MR) is 334 cm³/mol. The van der Waals surface area contributed by atoms with Crippen LogP contribution in [-0.4, -0.2) is 68.5 Å². The topological polar surface area (TPSA) is 108 Å². The molecule has 0 saturated heterocycles. The number of likely N-dealkylation sites (N-methyl/N-ethyl adjacent to an activating group) is 1. The maximum atomic E-state index is 13.0. The van der Waals surface area contributed by atoms with Crippen LogP contribution in [0.15, 0.2) is 109 Å². The van der Waals surface area contributed by atoms with Crippen LogP contribution in [0.5, 0.6) is 0 Å². The molecule has 0 fully saturated rings. The number of quaternary nitrogens is 1. The first-order chi connectivity index (χ1) is 37.5. The van der Waals surface area contributed by atoms with Crippen LogP contribution in [-0.2, 0) is 18.4 Å². The molecule has 0 aromatic rings. The second-order valence-electron chi connectivity index (χ2n) is 22.4. The highest BCUT2D eigenvalue weighted by Crippen LogP contribution is 2.38. The van der Waals surface area contributed by atoms with Crippen LogP contribution in [0.4, 0.5) is 0 Å². The molecule has 1 amide bonds. The van der Waals surface area contributed by atoms with Crippen molar-refractivity contribution in [1.29, 1.82) is 0 Å². The molecular weight excluding hydrogens is 972 g/mol. The Morgan fingerprint density at radius 3 is 1.16 bits per heavy atom. The molecule has 0 saturated carbocycles. The van der Waals surface area contributed by atoms with E-state index in [0.717, 1.165) is 96.3 Å². The van der Waals surface area contributed by atoms with Crippen LogP contribution in [0, 0.1) is 0 Å². The van der Waals surface area contributed by atoms with Crippen molar-refractivity contribution in [3.05, 3.63) is 109 Å². The molecule has 77 heavy (non-hydrogen) atoms. The number of hydrogen-bond donors (Lipinski definition) is 2. The number of unbranched alkanes of at least 4 members (excludes halogenated alkanes) is 26. The zero-order valence-corrected chi connectivity index (χ0v) is 51.5. The lowest BCUT2D eigenvalue weighted by Crippen LogP contribution is -2.46. The van der Waals surface area contributed by atoms with E-state index in [2.05, 4.69) is 129 Å². The van der Waals surface area contributed by atoms with Gasteiger partial charge in [-0.1, -0.05) is 284 Å². The van der Waals surface area contributed by atoms with Gasteiger partial charge in [-0.05, 0) is 83.5 Å².